The fourth-order valence-corrected chi connectivity index (χ4v) is 7.91. The monoisotopic (exact) mass is 666 g/mol. The van der Waals surface area contributed by atoms with E-state index in [1.165, 1.54) is 20.3 Å². The Labute approximate surface area is 265 Å². The van der Waals surface area contributed by atoms with Crippen molar-refractivity contribution in [3.63, 3.8) is 0 Å². The van der Waals surface area contributed by atoms with Crippen LogP contribution in [-0.4, -0.2) is 58.1 Å². The van der Waals surface area contributed by atoms with E-state index in [2.05, 4.69) is 10.6 Å². The molecule has 3 aliphatic rings. The number of aryl methyl sites for hydroxylation is 1. The van der Waals surface area contributed by atoms with Crippen molar-refractivity contribution in [1.29, 1.82) is 0 Å². The highest BCUT2D eigenvalue weighted by Gasteiger charge is 2.52. The molecule has 3 saturated carbocycles. The Hall–Kier alpha value is -3.81. The molecular formula is C32H37F3N2O8S. The molecule has 0 radical (unpaired) electrons. The van der Waals surface area contributed by atoms with E-state index < -0.39 is 44.0 Å². The molecule has 14 heteroatoms. The molecule has 0 unspecified atom stereocenters. The highest BCUT2D eigenvalue weighted by Crippen LogP contribution is 2.49. The fourth-order valence-electron chi connectivity index (χ4n) is 7.10. The lowest BCUT2D eigenvalue weighted by atomic mass is 9.83. The lowest BCUT2D eigenvalue weighted by Crippen LogP contribution is -2.48. The number of carbonyl (C=O) groups is 3. The van der Waals surface area contributed by atoms with Crippen LogP contribution in [0.15, 0.2) is 41.3 Å². The number of nitrogens with one attached hydrogen (secondary N) is 2. The first-order valence-electron chi connectivity index (χ1n) is 15.2. The molecule has 3 aliphatic carbocycles. The summed E-state index contributed by atoms with van der Waals surface area (Å²) in [4.78, 5) is 38.2. The van der Waals surface area contributed by atoms with Crippen LogP contribution in [-0.2, 0) is 24.2 Å². The van der Waals surface area contributed by atoms with Crippen LogP contribution in [0.1, 0.15) is 60.9 Å². The van der Waals surface area contributed by atoms with Crippen molar-refractivity contribution < 1.29 is 50.2 Å². The Morgan fingerprint density at radius 3 is 2.26 bits per heavy atom. The van der Waals surface area contributed by atoms with Gasteiger partial charge < -0.3 is 24.8 Å². The third-order valence-electron chi connectivity index (χ3n) is 9.48. The van der Waals surface area contributed by atoms with Crippen LogP contribution in [0.2, 0.25) is 0 Å². The summed E-state index contributed by atoms with van der Waals surface area (Å²) < 4.78 is 79.7. The average molecular weight is 667 g/mol. The van der Waals surface area contributed by atoms with Gasteiger partial charge in [0.2, 0.25) is 5.91 Å². The van der Waals surface area contributed by atoms with E-state index in [1.807, 2.05) is 6.92 Å². The molecule has 5 rings (SSSR count). The molecule has 2 amide bonds. The highest BCUT2D eigenvalue weighted by atomic mass is 32.2. The number of sulfone groups is 1. The molecule has 4 atom stereocenters. The average Bonchev–Trinajstić information content (AvgIpc) is 3.63. The summed E-state index contributed by atoms with van der Waals surface area (Å²) in [5, 5.41) is 5.60. The molecule has 2 bridgehead atoms. The zero-order valence-electron chi connectivity index (χ0n) is 25.7. The van der Waals surface area contributed by atoms with Gasteiger partial charge in [-0.05, 0) is 99.6 Å². The van der Waals surface area contributed by atoms with Gasteiger partial charge in [-0.1, -0.05) is 6.07 Å². The molecule has 2 aromatic rings. The minimum absolute atomic E-state index is 0.0128. The number of esters is 1. The number of fused-ring (bicyclic) bond motifs is 2. The van der Waals surface area contributed by atoms with Crippen molar-refractivity contribution in [2.24, 2.45) is 23.7 Å². The molecular weight excluding hydrogens is 629 g/mol. The third-order valence-corrected chi connectivity index (χ3v) is 11.0. The second-order valence-electron chi connectivity index (χ2n) is 12.3. The number of hydrogen-bond donors (Lipinski definition) is 2. The summed E-state index contributed by atoms with van der Waals surface area (Å²) in [6, 6.07) is 6.80. The summed E-state index contributed by atoms with van der Waals surface area (Å²) in [6.07, 6.45) is 4.67. The van der Waals surface area contributed by atoms with E-state index >= 15 is 0 Å². The van der Waals surface area contributed by atoms with Gasteiger partial charge in [0.15, 0.2) is 0 Å². The summed E-state index contributed by atoms with van der Waals surface area (Å²) in [7, 11) is -2.78. The van der Waals surface area contributed by atoms with Crippen LogP contribution in [0.5, 0.6) is 11.5 Å². The largest absolute Gasteiger partial charge is 0.501 e. The number of hydrogen-bond acceptors (Lipinski definition) is 8. The predicted octanol–water partition coefficient (Wildman–Crippen LogP) is 5.19. The molecule has 10 nitrogen and oxygen atoms in total. The van der Waals surface area contributed by atoms with Gasteiger partial charge in [0.25, 0.3) is 15.7 Å². The molecule has 0 aliphatic heterocycles. The van der Waals surface area contributed by atoms with E-state index in [0.29, 0.717) is 43.6 Å². The van der Waals surface area contributed by atoms with Crippen molar-refractivity contribution in [2.75, 3.05) is 19.5 Å². The van der Waals surface area contributed by atoms with Crippen molar-refractivity contribution in [2.45, 2.75) is 74.4 Å². The Morgan fingerprint density at radius 2 is 1.61 bits per heavy atom. The van der Waals surface area contributed by atoms with E-state index in [1.54, 1.807) is 12.1 Å². The number of alkyl halides is 3. The van der Waals surface area contributed by atoms with Crippen LogP contribution in [0.4, 0.5) is 18.9 Å². The van der Waals surface area contributed by atoms with Gasteiger partial charge >= 0.3 is 11.5 Å². The number of rotatable bonds is 9. The number of methoxy groups -OCH3 is 2. The number of ether oxygens (including phenoxy) is 3. The van der Waals surface area contributed by atoms with E-state index in [9.17, 15) is 36.0 Å². The molecule has 0 spiro atoms. The van der Waals surface area contributed by atoms with Crippen LogP contribution in [0.3, 0.4) is 0 Å². The highest BCUT2D eigenvalue weighted by molar-refractivity contribution is 7.92. The first-order chi connectivity index (χ1) is 21.7. The zero-order chi connectivity index (χ0) is 33.4. The SMILES string of the molecule is COc1cc(C)c(O[C@H]2CC[C@@H](C(=O)OC)CC2)cc1C(=O)N[C@@H]1[C@H]2CC[C@H](C2)[C@@H]1C(=O)Nc1cccc(S(=O)(=O)C(F)(F)F)c1. The van der Waals surface area contributed by atoms with Gasteiger partial charge in [-0.25, -0.2) is 8.42 Å². The fraction of sp³-hybridized carbons (Fsp3) is 0.531. The predicted molar refractivity (Wildman–Crippen MR) is 160 cm³/mol. The van der Waals surface area contributed by atoms with Crippen molar-refractivity contribution in [3.05, 3.63) is 47.5 Å². The van der Waals surface area contributed by atoms with Crippen LogP contribution >= 0.6 is 0 Å². The lowest BCUT2D eigenvalue weighted by Gasteiger charge is -2.31. The number of amides is 2. The van der Waals surface area contributed by atoms with Gasteiger partial charge in [0.1, 0.15) is 11.5 Å². The minimum Gasteiger partial charge on any atom is -0.496 e. The second kappa shape index (κ2) is 13.1. The summed E-state index contributed by atoms with van der Waals surface area (Å²) in [5.74, 6) is -1.27. The summed E-state index contributed by atoms with van der Waals surface area (Å²) >= 11 is 0. The first-order valence-corrected chi connectivity index (χ1v) is 16.7. The number of halogens is 3. The van der Waals surface area contributed by atoms with Gasteiger partial charge in [0.05, 0.1) is 42.6 Å². The second-order valence-corrected chi connectivity index (χ2v) is 14.2. The molecule has 2 N–H and O–H groups in total. The Kier molecular flexibility index (Phi) is 9.57. The molecule has 2 aromatic carbocycles. The minimum atomic E-state index is -5.60. The molecule has 0 saturated heterocycles. The maximum atomic E-state index is 13.7. The molecule has 0 aromatic heterocycles. The van der Waals surface area contributed by atoms with Crippen molar-refractivity contribution in [1.82, 2.24) is 5.32 Å². The number of benzene rings is 2. The van der Waals surface area contributed by atoms with Gasteiger partial charge in [-0.3, -0.25) is 14.4 Å². The maximum Gasteiger partial charge on any atom is 0.501 e. The van der Waals surface area contributed by atoms with Crippen LogP contribution in [0.25, 0.3) is 0 Å². The number of anilines is 1. The molecule has 46 heavy (non-hydrogen) atoms. The van der Waals surface area contributed by atoms with Gasteiger partial charge in [-0.2, -0.15) is 13.2 Å². The molecule has 250 valence electrons. The Balaban J connectivity index is 1.31. The van der Waals surface area contributed by atoms with Crippen LogP contribution in [0, 0.1) is 30.6 Å². The number of carbonyl (C=O) groups excluding carboxylic acids is 3. The van der Waals surface area contributed by atoms with Gasteiger partial charge in [0, 0.05) is 11.7 Å². The zero-order valence-corrected chi connectivity index (χ0v) is 26.5. The molecule has 3 fully saturated rings. The standard InChI is InChI=1S/C32H37F3N2O8S/c1-17-13-26(43-2)24(16-25(17)45-22-11-9-18(10-12-22)31(40)44-3)29(38)37-28-20-8-7-19(14-20)27(28)30(39)36-21-5-4-6-23(15-21)46(41,42)32(33,34)35/h4-6,13,15-16,18-20,22,27-28H,7-12,14H2,1-3H3,(H,36,39)(H,37,38)/t18-,19-,20+,22+,27+,28-/m1/s1. The topological polar surface area (TPSA) is 137 Å². The third kappa shape index (κ3) is 6.67. The smallest absolute Gasteiger partial charge is 0.496 e. The maximum absolute atomic E-state index is 13.7. The van der Waals surface area contributed by atoms with Gasteiger partial charge in [-0.15, -0.1) is 0 Å². The van der Waals surface area contributed by atoms with E-state index in [-0.39, 0.29) is 41.1 Å². The Morgan fingerprint density at radius 1 is 0.913 bits per heavy atom. The molecule has 0 heterocycles. The summed E-state index contributed by atoms with van der Waals surface area (Å²) in [6.45, 7) is 1.84. The van der Waals surface area contributed by atoms with Crippen LogP contribution < -0.4 is 20.1 Å². The van der Waals surface area contributed by atoms with E-state index in [4.69, 9.17) is 14.2 Å². The van der Waals surface area contributed by atoms with E-state index in [0.717, 1.165) is 36.6 Å². The quantitative estimate of drug-likeness (QED) is 0.349. The normalized spacial score (nSPS) is 25.9. The van der Waals surface area contributed by atoms with Crippen molar-refractivity contribution in [3.8, 4) is 11.5 Å². The van der Waals surface area contributed by atoms with Crippen molar-refractivity contribution >= 4 is 33.3 Å². The lowest BCUT2D eigenvalue weighted by molar-refractivity contribution is -0.147. The first kappa shape index (κ1) is 33.6. The Bertz CT molecular complexity index is 1600. The summed E-state index contributed by atoms with van der Waals surface area (Å²) in [5.41, 5.74) is -4.60.